The van der Waals surface area contributed by atoms with Gasteiger partial charge in [0.25, 0.3) is 0 Å². The lowest BCUT2D eigenvalue weighted by Gasteiger charge is -2.32. The van der Waals surface area contributed by atoms with Crippen LogP contribution in [0.3, 0.4) is 0 Å². The second-order valence-corrected chi connectivity index (χ2v) is 7.38. The van der Waals surface area contributed by atoms with Crippen LogP contribution < -0.4 is 9.47 Å². The van der Waals surface area contributed by atoms with E-state index in [1.54, 1.807) is 7.11 Å². The molecule has 2 aromatic rings. The molecule has 0 bridgehead atoms. The zero-order chi connectivity index (χ0) is 18.8. The van der Waals surface area contributed by atoms with Gasteiger partial charge in [0.2, 0.25) is 11.8 Å². The van der Waals surface area contributed by atoms with Gasteiger partial charge in [0.05, 0.1) is 7.11 Å². The van der Waals surface area contributed by atoms with E-state index in [2.05, 4.69) is 9.97 Å². The summed E-state index contributed by atoms with van der Waals surface area (Å²) in [4.78, 5) is 23.7. The quantitative estimate of drug-likeness (QED) is 0.806. The van der Waals surface area contributed by atoms with Gasteiger partial charge in [-0.15, -0.1) is 0 Å². The minimum absolute atomic E-state index is 0.166. The molecule has 6 nitrogen and oxygen atoms in total. The largest absolute Gasteiger partial charge is 0.497 e. The zero-order valence-electron chi connectivity index (χ0n) is 15.9. The first-order valence-corrected chi connectivity index (χ1v) is 9.58. The number of rotatable bonds is 5. The highest BCUT2D eigenvalue weighted by Crippen LogP contribution is 2.34. The van der Waals surface area contributed by atoms with Gasteiger partial charge in [-0.1, -0.05) is 0 Å². The van der Waals surface area contributed by atoms with Crippen molar-refractivity contribution in [2.24, 2.45) is 5.92 Å². The first-order valence-electron chi connectivity index (χ1n) is 9.58. The minimum Gasteiger partial charge on any atom is -0.497 e. The molecule has 4 rings (SSSR count). The third-order valence-electron chi connectivity index (χ3n) is 5.15. The number of carbonyl (C=O) groups excluding carboxylic acids is 1. The Morgan fingerprint density at radius 1 is 1.11 bits per heavy atom. The van der Waals surface area contributed by atoms with Gasteiger partial charge in [0.1, 0.15) is 17.3 Å². The number of nitrogens with zero attached hydrogens (tertiary/aromatic N) is 3. The van der Waals surface area contributed by atoms with Crippen molar-refractivity contribution in [1.29, 1.82) is 0 Å². The lowest BCUT2D eigenvalue weighted by Crippen LogP contribution is -2.40. The van der Waals surface area contributed by atoms with Crippen molar-refractivity contribution in [3.8, 4) is 17.4 Å². The molecule has 2 fully saturated rings. The molecule has 0 spiro atoms. The molecular weight excluding hydrogens is 342 g/mol. The Kier molecular flexibility index (Phi) is 4.97. The van der Waals surface area contributed by atoms with E-state index in [1.165, 1.54) is 0 Å². The maximum absolute atomic E-state index is 12.4. The Hall–Kier alpha value is -2.63. The van der Waals surface area contributed by atoms with Gasteiger partial charge in [-0.25, -0.2) is 4.98 Å². The van der Waals surface area contributed by atoms with Crippen LogP contribution in [0.15, 0.2) is 30.3 Å². The number of aromatic nitrogens is 2. The smallest absolute Gasteiger partial charge is 0.225 e. The molecule has 1 saturated heterocycles. The average molecular weight is 367 g/mol. The van der Waals surface area contributed by atoms with Crippen molar-refractivity contribution in [1.82, 2.24) is 14.9 Å². The lowest BCUT2D eigenvalue weighted by atomic mass is 9.96. The zero-order valence-corrected chi connectivity index (χ0v) is 15.9. The van der Waals surface area contributed by atoms with Gasteiger partial charge in [0, 0.05) is 36.7 Å². The maximum Gasteiger partial charge on any atom is 0.225 e. The molecule has 1 atom stereocenters. The number of ether oxygens (including phenoxy) is 2. The van der Waals surface area contributed by atoms with Gasteiger partial charge >= 0.3 is 0 Å². The Balaban J connectivity index is 1.49. The molecule has 2 aliphatic rings. The van der Waals surface area contributed by atoms with Crippen LogP contribution >= 0.6 is 0 Å². The Morgan fingerprint density at radius 2 is 1.85 bits per heavy atom. The number of methoxy groups -OCH3 is 1. The number of amides is 1. The number of aryl methyl sites for hydroxylation is 1. The highest BCUT2D eigenvalue weighted by molar-refractivity contribution is 5.81. The molecule has 1 aliphatic carbocycles. The molecule has 1 saturated carbocycles. The fourth-order valence-electron chi connectivity index (χ4n) is 3.54. The molecule has 142 valence electrons. The van der Waals surface area contributed by atoms with E-state index >= 15 is 0 Å². The minimum atomic E-state index is 0.166. The summed E-state index contributed by atoms with van der Waals surface area (Å²) >= 11 is 0. The van der Waals surface area contributed by atoms with E-state index in [-0.39, 0.29) is 11.8 Å². The Morgan fingerprint density at radius 3 is 2.56 bits per heavy atom. The molecule has 1 aromatic heterocycles. The summed E-state index contributed by atoms with van der Waals surface area (Å²) in [6.07, 6.45) is 4.08. The summed E-state index contributed by atoms with van der Waals surface area (Å²) in [7, 11) is 1.64. The molecule has 0 unspecified atom stereocenters. The number of benzene rings is 1. The average Bonchev–Trinajstić information content (AvgIpc) is 3.53. The molecule has 0 radical (unpaired) electrons. The second-order valence-electron chi connectivity index (χ2n) is 7.38. The van der Waals surface area contributed by atoms with Crippen LogP contribution in [0.2, 0.25) is 0 Å². The first kappa shape index (κ1) is 17.8. The summed E-state index contributed by atoms with van der Waals surface area (Å²) in [5.74, 6) is 3.52. The second kappa shape index (κ2) is 7.55. The summed E-state index contributed by atoms with van der Waals surface area (Å²) in [6.45, 7) is 3.51. The van der Waals surface area contributed by atoms with Crippen molar-refractivity contribution >= 4 is 5.91 Å². The lowest BCUT2D eigenvalue weighted by molar-refractivity contribution is -0.133. The Bertz CT molecular complexity index is 818. The van der Waals surface area contributed by atoms with Gasteiger partial charge in [0.15, 0.2) is 0 Å². The first-order chi connectivity index (χ1) is 13.1. The van der Waals surface area contributed by atoms with Crippen LogP contribution in [0.1, 0.15) is 43.1 Å². The van der Waals surface area contributed by atoms with Gasteiger partial charge in [-0.05, 0) is 56.9 Å². The predicted octanol–water partition coefficient (Wildman–Crippen LogP) is 3.70. The summed E-state index contributed by atoms with van der Waals surface area (Å²) in [5.41, 5.74) is 0.870. The number of piperidine rings is 1. The van der Waals surface area contributed by atoms with Crippen LogP contribution in [0.4, 0.5) is 0 Å². The summed E-state index contributed by atoms with van der Waals surface area (Å²) < 4.78 is 11.1. The van der Waals surface area contributed by atoms with Gasteiger partial charge in [-0.2, -0.15) is 4.98 Å². The maximum atomic E-state index is 12.4. The third-order valence-corrected chi connectivity index (χ3v) is 5.15. The van der Waals surface area contributed by atoms with Crippen molar-refractivity contribution in [2.75, 3.05) is 20.2 Å². The summed E-state index contributed by atoms with van der Waals surface area (Å²) in [5, 5.41) is 0. The molecule has 0 N–H and O–H groups in total. The fourth-order valence-corrected chi connectivity index (χ4v) is 3.54. The van der Waals surface area contributed by atoms with E-state index in [9.17, 15) is 4.79 Å². The van der Waals surface area contributed by atoms with Crippen molar-refractivity contribution in [3.05, 3.63) is 41.9 Å². The van der Waals surface area contributed by atoms with E-state index in [0.29, 0.717) is 24.1 Å². The molecular formula is C21H25N3O3. The third kappa shape index (κ3) is 4.21. The van der Waals surface area contributed by atoms with Crippen LogP contribution in [-0.2, 0) is 4.79 Å². The van der Waals surface area contributed by atoms with Crippen LogP contribution in [0.25, 0.3) is 0 Å². The standard InChI is InChI=1S/C21H25N3O3/c1-14-12-19(27-18-9-7-17(26-2)8-10-18)23-20(22-14)16-4-3-11-24(13-16)21(25)15-5-6-15/h7-10,12,15-16H,3-6,11,13H2,1-2H3/t16-/m1/s1. The Labute approximate surface area is 159 Å². The normalized spacial score (nSPS) is 19.6. The van der Waals surface area contributed by atoms with E-state index in [0.717, 1.165) is 49.5 Å². The van der Waals surface area contributed by atoms with E-state index in [1.807, 2.05) is 42.2 Å². The number of hydrogen-bond donors (Lipinski definition) is 0. The van der Waals surface area contributed by atoms with Crippen LogP contribution in [0.5, 0.6) is 17.4 Å². The number of carbonyl (C=O) groups is 1. The van der Waals surface area contributed by atoms with E-state index < -0.39 is 0 Å². The SMILES string of the molecule is COc1ccc(Oc2cc(C)nc([C@@H]3CCCN(C(=O)C4CC4)C3)n2)cc1. The fraction of sp³-hybridized carbons (Fsp3) is 0.476. The van der Waals surface area contributed by atoms with Crippen molar-refractivity contribution in [3.63, 3.8) is 0 Å². The van der Waals surface area contributed by atoms with E-state index in [4.69, 9.17) is 9.47 Å². The molecule has 1 aliphatic heterocycles. The highest BCUT2D eigenvalue weighted by Gasteiger charge is 2.36. The number of hydrogen-bond acceptors (Lipinski definition) is 5. The van der Waals surface area contributed by atoms with Crippen molar-refractivity contribution < 1.29 is 14.3 Å². The monoisotopic (exact) mass is 367 g/mol. The number of likely N-dealkylation sites (tertiary alicyclic amines) is 1. The van der Waals surface area contributed by atoms with Gasteiger partial charge < -0.3 is 14.4 Å². The molecule has 1 amide bonds. The van der Waals surface area contributed by atoms with Crippen LogP contribution in [0, 0.1) is 12.8 Å². The molecule has 2 heterocycles. The molecule has 1 aromatic carbocycles. The van der Waals surface area contributed by atoms with Crippen LogP contribution in [-0.4, -0.2) is 41.0 Å². The molecule has 27 heavy (non-hydrogen) atoms. The topological polar surface area (TPSA) is 64.6 Å². The molecule has 6 heteroatoms. The summed E-state index contributed by atoms with van der Waals surface area (Å²) in [6, 6.07) is 9.25. The predicted molar refractivity (Wildman–Crippen MR) is 101 cm³/mol. The van der Waals surface area contributed by atoms with Crippen molar-refractivity contribution in [2.45, 2.75) is 38.5 Å². The van der Waals surface area contributed by atoms with Gasteiger partial charge in [-0.3, -0.25) is 4.79 Å². The highest BCUT2D eigenvalue weighted by atomic mass is 16.5.